The smallest absolute Gasteiger partial charge is 0.135 e. The molecule has 0 radical (unpaired) electrons. The standard InChI is InChI=1S/C16H15ClO3/c17-8-7-13(18)16(19)10-5-6-15-12(9-10)11-3-1-2-4-14(11)20-15/h1-6,9,13,16,18-19H,7-8H2. The van der Waals surface area contributed by atoms with E-state index in [0.717, 1.165) is 21.9 Å². The fraction of sp³-hybridized carbons (Fsp3) is 0.250. The number of aliphatic hydroxyl groups excluding tert-OH is 2. The van der Waals surface area contributed by atoms with E-state index in [-0.39, 0.29) is 0 Å². The number of aliphatic hydroxyl groups is 2. The van der Waals surface area contributed by atoms with Crippen LogP contribution >= 0.6 is 11.6 Å². The highest BCUT2D eigenvalue weighted by Gasteiger charge is 2.19. The molecule has 3 rings (SSSR count). The fourth-order valence-electron chi connectivity index (χ4n) is 2.42. The van der Waals surface area contributed by atoms with E-state index >= 15 is 0 Å². The summed E-state index contributed by atoms with van der Waals surface area (Å²) in [6.45, 7) is 0. The molecular formula is C16H15ClO3. The Labute approximate surface area is 121 Å². The van der Waals surface area contributed by atoms with Crippen molar-refractivity contribution in [1.82, 2.24) is 0 Å². The van der Waals surface area contributed by atoms with Crippen LogP contribution in [-0.4, -0.2) is 22.2 Å². The largest absolute Gasteiger partial charge is 0.456 e. The molecule has 0 aliphatic rings. The minimum absolute atomic E-state index is 0.315. The third-order valence-electron chi connectivity index (χ3n) is 3.51. The molecule has 0 aliphatic carbocycles. The molecule has 1 aromatic heterocycles. The number of halogens is 1. The van der Waals surface area contributed by atoms with Crippen LogP contribution in [0, 0.1) is 0 Å². The van der Waals surface area contributed by atoms with Gasteiger partial charge in [-0.1, -0.05) is 24.3 Å². The Morgan fingerprint density at radius 3 is 2.55 bits per heavy atom. The van der Waals surface area contributed by atoms with Crippen LogP contribution in [0.4, 0.5) is 0 Å². The molecule has 4 heteroatoms. The highest BCUT2D eigenvalue weighted by atomic mass is 35.5. The van der Waals surface area contributed by atoms with Gasteiger partial charge in [0.1, 0.15) is 17.3 Å². The SMILES string of the molecule is OC(CCCl)C(O)c1ccc2oc3ccccc3c2c1. The lowest BCUT2D eigenvalue weighted by molar-refractivity contribution is 0.0171. The van der Waals surface area contributed by atoms with E-state index in [2.05, 4.69) is 0 Å². The normalized spacial score (nSPS) is 14.8. The maximum absolute atomic E-state index is 10.1. The summed E-state index contributed by atoms with van der Waals surface area (Å²) in [5.74, 6) is 0.315. The number of para-hydroxylation sites is 1. The zero-order valence-corrected chi connectivity index (χ0v) is 11.5. The summed E-state index contributed by atoms with van der Waals surface area (Å²) in [4.78, 5) is 0. The van der Waals surface area contributed by atoms with Crippen LogP contribution in [0.2, 0.25) is 0 Å². The van der Waals surface area contributed by atoms with Gasteiger partial charge in [0.2, 0.25) is 0 Å². The van der Waals surface area contributed by atoms with E-state index in [4.69, 9.17) is 16.0 Å². The average molecular weight is 291 g/mol. The summed E-state index contributed by atoms with van der Waals surface area (Å²) in [6, 6.07) is 13.2. The number of fused-ring (bicyclic) bond motifs is 3. The molecule has 0 saturated heterocycles. The van der Waals surface area contributed by atoms with Gasteiger partial charge in [0.05, 0.1) is 6.10 Å². The maximum Gasteiger partial charge on any atom is 0.135 e. The second kappa shape index (κ2) is 5.44. The van der Waals surface area contributed by atoms with Gasteiger partial charge in [-0.25, -0.2) is 0 Å². The summed E-state index contributed by atoms with van der Waals surface area (Å²) in [5.41, 5.74) is 2.26. The highest BCUT2D eigenvalue weighted by molar-refractivity contribution is 6.17. The molecule has 2 unspecified atom stereocenters. The molecule has 0 amide bonds. The quantitative estimate of drug-likeness (QED) is 0.722. The number of alkyl halides is 1. The van der Waals surface area contributed by atoms with E-state index in [9.17, 15) is 10.2 Å². The minimum atomic E-state index is -0.938. The van der Waals surface area contributed by atoms with E-state index < -0.39 is 12.2 Å². The molecular weight excluding hydrogens is 276 g/mol. The first-order valence-corrected chi connectivity index (χ1v) is 7.07. The Bertz CT molecular complexity index is 735. The van der Waals surface area contributed by atoms with Crippen LogP contribution in [-0.2, 0) is 0 Å². The average Bonchev–Trinajstić information content (AvgIpc) is 2.84. The Morgan fingerprint density at radius 2 is 1.75 bits per heavy atom. The molecule has 20 heavy (non-hydrogen) atoms. The van der Waals surface area contributed by atoms with Crippen LogP contribution in [0.15, 0.2) is 46.9 Å². The number of furan rings is 1. The third kappa shape index (κ3) is 2.29. The van der Waals surface area contributed by atoms with Gasteiger partial charge in [-0.3, -0.25) is 0 Å². The summed E-state index contributed by atoms with van der Waals surface area (Å²) < 4.78 is 5.73. The molecule has 104 valence electrons. The Kier molecular flexibility index (Phi) is 3.66. The monoisotopic (exact) mass is 290 g/mol. The Balaban J connectivity index is 2.07. The van der Waals surface area contributed by atoms with Gasteiger partial charge >= 0.3 is 0 Å². The first-order valence-electron chi connectivity index (χ1n) is 6.54. The van der Waals surface area contributed by atoms with Gasteiger partial charge in [-0.05, 0) is 30.2 Å². The molecule has 3 nitrogen and oxygen atoms in total. The molecule has 2 aromatic carbocycles. The second-order valence-electron chi connectivity index (χ2n) is 4.84. The van der Waals surface area contributed by atoms with Crippen molar-refractivity contribution >= 4 is 33.5 Å². The summed E-state index contributed by atoms with van der Waals surface area (Å²) in [5, 5.41) is 21.9. The van der Waals surface area contributed by atoms with Crippen LogP contribution in [0.5, 0.6) is 0 Å². The van der Waals surface area contributed by atoms with E-state index in [1.165, 1.54) is 0 Å². The van der Waals surface area contributed by atoms with Crippen LogP contribution in [0.1, 0.15) is 18.1 Å². The lowest BCUT2D eigenvalue weighted by Crippen LogP contribution is -2.18. The molecule has 2 atom stereocenters. The van der Waals surface area contributed by atoms with Gasteiger partial charge in [0.25, 0.3) is 0 Å². The zero-order chi connectivity index (χ0) is 14.1. The Hall–Kier alpha value is -1.55. The summed E-state index contributed by atoms with van der Waals surface area (Å²) >= 11 is 5.60. The fourth-order valence-corrected chi connectivity index (χ4v) is 2.64. The summed E-state index contributed by atoms with van der Waals surface area (Å²) in [6.07, 6.45) is -1.44. The number of hydrogen-bond acceptors (Lipinski definition) is 3. The molecule has 0 bridgehead atoms. The van der Waals surface area contributed by atoms with Crippen molar-refractivity contribution in [2.45, 2.75) is 18.6 Å². The molecule has 1 heterocycles. The Morgan fingerprint density at radius 1 is 1.00 bits per heavy atom. The van der Waals surface area contributed by atoms with Gasteiger partial charge in [0, 0.05) is 16.7 Å². The summed E-state index contributed by atoms with van der Waals surface area (Å²) in [7, 11) is 0. The van der Waals surface area contributed by atoms with Gasteiger partial charge < -0.3 is 14.6 Å². The third-order valence-corrected chi connectivity index (χ3v) is 3.73. The van der Waals surface area contributed by atoms with Gasteiger partial charge in [0.15, 0.2) is 0 Å². The molecule has 0 aliphatic heterocycles. The van der Waals surface area contributed by atoms with Crippen molar-refractivity contribution in [3.8, 4) is 0 Å². The van der Waals surface area contributed by atoms with Crippen LogP contribution < -0.4 is 0 Å². The second-order valence-corrected chi connectivity index (χ2v) is 5.22. The van der Waals surface area contributed by atoms with Gasteiger partial charge in [-0.2, -0.15) is 0 Å². The molecule has 0 spiro atoms. The highest BCUT2D eigenvalue weighted by Crippen LogP contribution is 2.31. The van der Waals surface area contributed by atoms with E-state index in [1.54, 1.807) is 6.07 Å². The predicted octanol–water partition coefficient (Wildman–Crippen LogP) is 3.61. The van der Waals surface area contributed by atoms with Crippen molar-refractivity contribution in [2.75, 3.05) is 5.88 Å². The van der Waals surface area contributed by atoms with Crippen molar-refractivity contribution in [3.05, 3.63) is 48.0 Å². The first-order chi connectivity index (χ1) is 9.70. The molecule has 0 saturated carbocycles. The van der Waals surface area contributed by atoms with Crippen molar-refractivity contribution in [1.29, 1.82) is 0 Å². The van der Waals surface area contributed by atoms with Crippen molar-refractivity contribution in [2.24, 2.45) is 0 Å². The topological polar surface area (TPSA) is 53.6 Å². The molecule has 2 N–H and O–H groups in total. The lowest BCUT2D eigenvalue weighted by Gasteiger charge is -2.17. The van der Waals surface area contributed by atoms with Crippen molar-refractivity contribution in [3.63, 3.8) is 0 Å². The van der Waals surface area contributed by atoms with Gasteiger partial charge in [-0.15, -0.1) is 11.6 Å². The number of rotatable bonds is 4. The first kappa shape index (κ1) is 13.4. The van der Waals surface area contributed by atoms with E-state index in [1.807, 2.05) is 36.4 Å². The number of benzene rings is 2. The maximum atomic E-state index is 10.1. The van der Waals surface area contributed by atoms with Crippen LogP contribution in [0.3, 0.4) is 0 Å². The molecule has 0 fully saturated rings. The van der Waals surface area contributed by atoms with E-state index in [0.29, 0.717) is 17.9 Å². The minimum Gasteiger partial charge on any atom is -0.456 e. The zero-order valence-electron chi connectivity index (χ0n) is 10.8. The van der Waals surface area contributed by atoms with Crippen LogP contribution in [0.25, 0.3) is 21.9 Å². The number of hydrogen-bond donors (Lipinski definition) is 2. The van der Waals surface area contributed by atoms with Crippen molar-refractivity contribution < 1.29 is 14.6 Å². The predicted molar refractivity (Wildman–Crippen MR) is 80.0 cm³/mol. The molecule has 3 aromatic rings. The lowest BCUT2D eigenvalue weighted by atomic mass is 10.0.